The first kappa shape index (κ1) is 25.4. The van der Waals surface area contributed by atoms with Gasteiger partial charge in [0.15, 0.2) is 0 Å². The number of hydrogen-bond acceptors (Lipinski definition) is 6. The van der Waals surface area contributed by atoms with Gasteiger partial charge in [-0.1, -0.05) is 12.1 Å². The van der Waals surface area contributed by atoms with Crippen molar-refractivity contribution in [3.8, 4) is 11.3 Å². The van der Waals surface area contributed by atoms with Gasteiger partial charge in [-0.2, -0.15) is 0 Å². The molecule has 8 nitrogen and oxygen atoms in total. The Bertz CT molecular complexity index is 931. The summed E-state index contributed by atoms with van der Waals surface area (Å²) in [4.78, 5) is 24.2. The quantitative estimate of drug-likeness (QED) is 0.559. The number of aliphatic hydroxyl groups excluding tert-OH is 1. The Hall–Kier alpha value is -1.20. The summed E-state index contributed by atoms with van der Waals surface area (Å²) in [6.07, 6.45) is 0.255. The number of benzene rings is 1. The molecular weight excluding hydrogens is 431 g/mol. The number of β-amino-alcohol motifs (C(OH)–C–C–N with tert-alkyl or cyclic N) is 1. The molecule has 1 unspecified atom stereocenters. The Morgan fingerprint density at radius 1 is 1.12 bits per heavy atom. The average molecular weight is 463 g/mol. The largest absolute Gasteiger partial charge is 1.00 e. The van der Waals surface area contributed by atoms with Gasteiger partial charge < -0.3 is 30.4 Å². The molecule has 2 N–H and O–H groups in total. The van der Waals surface area contributed by atoms with E-state index in [1.54, 1.807) is 14.1 Å². The number of anilines is 2. The van der Waals surface area contributed by atoms with E-state index in [2.05, 4.69) is 51.7 Å². The average Bonchev–Trinajstić information content (AvgIpc) is 3.24. The van der Waals surface area contributed by atoms with Crippen LogP contribution >= 0.6 is 0 Å². The number of aromatic nitrogens is 1. The Labute approximate surface area is 232 Å². The van der Waals surface area contributed by atoms with Gasteiger partial charge >= 0.3 is 51.4 Å². The molecule has 2 aliphatic rings. The zero-order valence-corrected chi connectivity index (χ0v) is 22.6. The Balaban J connectivity index is 0.00000289. The number of aliphatic hydroxyl groups is 1. The zero-order valence-electron chi connectivity index (χ0n) is 19.5. The van der Waals surface area contributed by atoms with Crippen molar-refractivity contribution < 1.29 is 61.3 Å². The number of hydrogen-bond donors (Lipinski definition) is 2. The molecule has 0 bridgehead atoms. The van der Waals surface area contributed by atoms with E-state index in [1.165, 1.54) is 5.69 Å². The fourth-order valence-corrected chi connectivity index (χ4v) is 4.26. The van der Waals surface area contributed by atoms with Gasteiger partial charge in [0, 0.05) is 57.6 Å². The number of carbonyl (C=O) groups is 1. The maximum atomic E-state index is 12.6. The summed E-state index contributed by atoms with van der Waals surface area (Å²) in [6.45, 7) is 5.30. The third-order valence-corrected chi connectivity index (χ3v) is 6.17. The first-order chi connectivity index (χ1) is 15.0. The number of likely N-dealkylation sites (N-methyl/N-ethyl adjacent to an activating group) is 1. The van der Waals surface area contributed by atoms with Gasteiger partial charge in [0.2, 0.25) is 0 Å². The normalized spacial score (nSPS) is 18.9. The van der Waals surface area contributed by atoms with Crippen LogP contribution in [0.4, 0.5) is 17.2 Å². The molecule has 2 saturated heterocycles. The fourth-order valence-electron chi connectivity index (χ4n) is 4.26. The van der Waals surface area contributed by atoms with E-state index in [1.807, 2.05) is 11.0 Å². The van der Waals surface area contributed by atoms with E-state index in [0.29, 0.717) is 36.6 Å². The molecule has 0 spiro atoms. The summed E-state index contributed by atoms with van der Waals surface area (Å²) in [5, 5.41) is 17.1. The number of nitrogens with one attached hydrogen (secondary N) is 1. The Morgan fingerprint density at radius 3 is 2.38 bits per heavy atom. The molecule has 2 fully saturated rings. The predicted molar refractivity (Wildman–Crippen MR) is 125 cm³/mol. The van der Waals surface area contributed by atoms with Crippen LogP contribution in [0.15, 0.2) is 30.3 Å². The Kier molecular flexibility index (Phi) is 8.96. The molecule has 4 rings (SSSR count). The van der Waals surface area contributed by atoms with Crippen LogP contribution in [0.25, 0.3) is 16.6 Å². The second-order valence-electron chi connectivity index (χ2n) is 8.25. The van der Waals surface area contributed by atoms with Gasteiger partial charge in [0.05, 0.1) is 17.4 Å². The third-order valence-electron chi connectivity index (χ3n) is 6.17. The van der Waals surface area contributed by atoms with E-state index in [9.17, 15) is 9.90 Å². The molecule has 1 aromatic heterocycles. The van der Waals surface area contributed by atoms with Crippen LogP contribution in [0.2, 0.25) is 0 Å². The molecule has 1 atom stereocenters. The summed E-state index contributed by atoms with van der Waals surface area (Å²) < 4.78 is 0. The van der Waals surface area contributed by atoms with Crippen LogP contribution in [0.1, 0.15) is 16.8 Å². The predicted octanol–water partition coefficient (Wildman–Crippen LogP) is -0.930. The van der Waals surface area contributed by atoms with Crippen molar-refractivity contribution in [2.75, 3.05) is 70.2 Å². The van der Waals surface area contributed by atoms with Crippen molar-refractivity contribution in [1.29, 1.82) is 0 Å². The molecule has 1 aromatic carbocycles. The molecule has 32 heavy (non-hydrogen) atoms. The summed E-state index contributed by atoms with van der Waals surface area (Å²) in [7, 11) is 5.45. The van der Waals surface area contributed by atoms with Crippen LogP contribution in [-0.2, 0) is 0 Å². The summed E-state index contributed by atoms with van der Waals surface area (Å²) >= 11 is 0. The maximum Gasteiger partial charge on any atom is 1.00 e. The van der Waals surface area contributed by atoms with E-state index in [-0.39, 0.29) is 57.3 Å². The first-order valence-electron chi connectivity index (χ1n) is 10.8. The van der Waals surface area contributed by atoms with Crippen molar-refractivity contribution in [3.05, 3.63) is 41.2 Å². The van der Waals surface area contributed by atoms with Crippen LogP contribution in [-0.4, -0.2) is 87.4 Å². The van der Waals surface area contributed by atoms with Crippen molar-refractivity contribution in [3.63, 3.8) is 0 Å². The molecule has 1 amide bonds. The molecule has 2 aliphatic heterocycles. The van der Waals surface area contributed by atoms with Crippen molar-refractivity contribution >= 4 is 23.1 Å². The molecule has 0 radical (unpaired) electrons. The third kappa shape index (κ3) is 5.47. The second-order valence-corrected chi connectivity index (χ2v) is 8.25. The van der Waals surface area contributed by atoms with Crippen molar-refractivity contribution in [1.82, 2.24) is 15.2 Å². The number of pyridine rings is 1. The van der Waals surface area contributed by atoms with E-state index < -0.39 is 6.10 Å². The number of rotatable bonds is 5. The van der Waals surface area contributed by atoms with Crippen LogP contribution < -0.4 is 66.5 Å². The number of amides is 1. The summed E-state index contributed by atoms with van der Waals surface area (Å²) in [5.74, 6) is 0.360. The summed E-state index contributed by atoms with van der Waals surface area (Å²) in [5.41, 5.74) is 4.02. The molecule has 3 heterocycles. The molecular formula is C23H31KN6O2. The van der Waals surface area contributed by atoms with Gasteiger partial charge in [-0.15, -0.1) is 12.7 Å². The number of piperazine rings is 1. The standard InChI is InChI=1S/C23H32N6O2.K/c1-24-20-14-19(16-4-6-17(7-5-16)28-12-10-27(3)11-13-28)26-22(21(20)23(31)25-2)29-9-8-18(30)15-29;/h4-7,14,18,30H,8-13,15H2,1-3H3,(H2,24,25,26,31);/q;+1/p-1. The van der Waals surface area contributed by atoms with Gasteiger partial charge in [-0.05, 0) is 31.7 Å². The molecule has 0 aliphatic carbocycles. The minimum atomic E-state index is -0.409. The van der Waals surface area contributed by atoms with Gasteiger partial charge in [-0.25, -0.2) is 4.98 Å². The van der Waals surface area contributed by atoms with Crippen LogP contribution in [0.5, 0.6) is 0 Å². The van der Waals surface area contributed by atoms with Gasteiger partial charge in [0.25, 0.3) is 5.91 Å². The second kappa shape index (κ2) is 11.3. The van der Waals surface area contributed by atoms with Crippen molar-refractivity contribution in [2.24, 2.45) is 0 Å². The zero-order chi connectivity index (χ0) is 22.0. The van der Waals surface area contributed by atoms with E-state index in [0.717, 1.165) is 37.4 Å². The van der Waals surface area contributed by atoms with E-state index >= 15 is 0 Å². The SMILES string of the molecule is C[N-]c1cc(-c2ccc(N3CCN(C)CC3)cc2)nc(N2CCC(O)C2)c1C(=O)NC.[K+]. The minimum absolute atomic E-state index is 0. The minimum Gasteiger partial charge on any atom is -0.686 e. The van der Waals surface area contributed by atoms with E-state index in [4.69, 9.17) is 4.98 Å². The first-order valence-corrected chi connectivity index (χ1v) is 10.8. The van der Waals surface area contributed by atoms with Gasteiger partial charge in [-0.3, -0.25) is 4.79 Å². The smallest absolute Gasteiger partial charge is 0.686 e. The fraction of sp³-hybridized carbons (Fsp3) is 0.478. The molecule has 166 valence electrons. The number of carbonyl (C=O) groups excluding carboxylic acids is 1. The topological polar surface area (TPSA) is 86.0 Å². The van der Waals surface area contributed by atoms with Crippen LogP contribution in [0.3, 0.4) is 0 Å². The molecule has 2 aromatic rings. The van der Waals surface area contributed by atoms with Crippen LogP contribution in [0, 0.1) is 0 Å². The van der Waals surface area contributed by atoms with Gasteiger partial charge in [0.1, 0.15) is 5.82 Å². The molecule has 0 saturated carbocycles. The van der Waals surface area contributed by atoms with Crippen molar-refractivity contribution in [2.45, 2.75) is 12.5 Å². The monoisotopic (exact) mass is 462 g/mol. The summed E-state index contributed by atoms with van der Waals surface area (Å²) in [6, 6.07) is 10.3. The number of nitrogens with zero attached hydrogens (tertiary/aromatic N) is 5. The Morgan fingerprint density at radius 2 is 1.81 bits per heavy atom. The molecule has 9 heteroatoms. The maximum absolute atomic E-state index is 12.6.